The van der Waals surface area contributed by atoms with Gasteiger partial charge >= 0.3 is 0 Å². The fraction of sp³-hybridized carbons (Fsp3) is 0.700. The Kier molecular flexibility index (Phi) is 4.39. The second-order valence-electron chi connectivity index (χ2n) is 3.27. The fourth-order valence-corrected chi connectivity index (χ4v) is 1.95. The van der Waals surface area contributed by atoms with Crippen LogP contribution in [0.2, 0.25) is 0 Å². The van der Waals surface area contributed by atoms with Crippen molar-refractivity contribution in [2.24, 2.45) is 0 Å². The number of hydrogen-bond acceptors (Lipinski definition) is 3. The van der Waals surface area contributed by atoms with Gasteiger partial charge in [-0.1, -0.05) is 13.8 Å². The zero-order valence-corrected chi connectivity index (χ0v) is 9.36. The summed E-state index contributed by atoms with van der Waals surface area (Å²) in [6, 6.07) is 0. The molecular formula is C10H17NOS. The minimum atomic E-state index is 0.539. The molecule has 0 aromatic carbocycles. The van der Waals surface area contributed by atoms with Crippen LogP contribution in [0.4, 0.5) is 0 Å². The SMILES string of the molecule is CCOCCc1nc(C(C)C)cs1. The van der Waals surface area contributed by atoms with Gasteiger partial charge in [0.2, 0.25) is 0 Å². The van der Waals surface area contributed by atoms with Crippen molar-refractivity contribution in [1.29, 1.82) is 0 Å². The summed E-state index contributed by atoms with van der Waals surface area (Å²) in [5.41, 5.74) is 1.21. The van der Waals surface area contributed by atoms with Crippen LogP contribution < -0.4 is 0 Å². The molecule has 1 rings (SSSR count). The Hall–Kier alpha value is -0.410. The molecule has 3 heteroatoms. The van der Waals surface area contributed by atoms with E-state index in [1.807, 2.05) is 6.92 Å². The molecule has 0 atom stereocenters. The molecule has 0 fully saturated rings. The molecule has 0 saturated carbocycles. The van der Waals surface area contributed by atoms with Crippen molar-refractivity contribution < 1.29 is 4.74 Å². The number of nitrogens with zero attached hydrogens (tertiary/aromatic N) is 1. The monoisotopic (exact) mass is 199 g/mol. The van der Waals surface area contributed by atoms with Crippen LogP contribution in [0.15, 0.2) is 5.38 Å². The highest BCUT2D eigenvalue weighted by Gasteiger charge is 2.04. The van der Waals surface area contributed by atoms with Gasteiger partial charge in [0.05, 0.1) is 17.3 Å². The molecule has 0 amide bonds. The summed E-state index contributed by atoms with van der Waals surface area (Å²) in [5.74, 6) is 0.539. The largest absolute Gasteiger partial charge is 0.381 e. The third-order valence-corrected chi connectivity index (χ3v) is 2.75. The van der Waals surface area contributed by atoms with E-state index in [9.17, 15) is 0 Å². The maximum absolute atomic E-state index is 5.27. The van der Waals surface area contributed by atoms with E-state index in [1.54, 1.807) is 11.3 Å². The molecule has 0 N–H and O–H groups in total. The standard InChI is InChI=1S/C10H17NOS/c1-4-12-6-5-10-11-9(7-13-10)8(2)3/h7-8H,4-6H2,1-3H3. The topological polar surface area (TPSA) is 22.1 Å². The number of aromatic nitrogens is 1. The van der Waals surface area contributed by atoms with E-state index < -0.39 is 0 Å². The highest BCUT2D eigenvalue weighted by Crippen LogP contribution is 2.17. The number of hydrogen-bond donors (Lipinski definition) is 0. The van der Waals surface area contributed by atoms with Gasteiger partial charge in [-0.25, -0.2) is 4.98 Å². The maximum atomic E-state index is 5.27. The maximum Gasteiger partial charge on any atom is 0.0951 e. The van der Waals surface area contributed by atoms with Crippen LogP contribution >= 0.6 is 11.3 Å². The first-order valence-electron chi connectivity index (χ1n) is 4.76. The van der Waals surface area contributed by atoms with Crippen molar-refractivity contribution in [3.05, 3.63) is 16.1 Å². The van der Waals surface area contributed by atoms with Gasteiger partial charge < -0.3 is 4.74 Å². The van der Waals surface area contributed by atoms with Gasteiger partial charge in [-0.15, -0.1) is 11.3 Å². The lowest BCUT2D eigenvalue weighted by molar-refractivity contribution is 0.151. The molecule has 0 spiro atoms. The van der Waals surface area contributed by atoms with Crippen LogP contribution in [0.1, 0.15) is 37.4 Å². The normalized spacial score (nSPS) is 11.1. The Morgan fingerprint density at radius 3 is 2.85 bits per heavy atom. The first-order chi connectivity index (χ1) is 6.24. The Labute approximate surface area is 84.0 Å². The first kappa shape index (κ1) is 10.7. The highest BCUT2D eigenvalue weighted by atomic mass is 32.1. The molecule has 1 aromatic rings. The minimum absolute atomic E-state index is 0.539. The molecule has 0 aliphatic heterocycles. The fourth-order valence-electron chi connectivity index (χ4n) is 1.01. The summed E-state index contributed by atoms with van der Waals surface area (Å²) >= 11 is 1.74. The summed E-state index contributed by atoms with van der Waals surface area (Å²) in [6.45, 7) is 7.94. The van der Waals surface area contributed by atoms with Crippen LogP contribution in [0.25, 0.3) is 0 Å². The summed E-state index contributed by atoms with van der Waals surface area (Å²) in [6.07, 6.45) is 0.950. The molecule has 1 heterocycles. The van der Waals surface area contributed by atoms with Crippen LogP contribution in [-0.4, -0.2) is 18.2 Å². The Morgan fingerprint density at radius 2 is 2.31 bits per heavy atom. The Bertz CT molecular complexity index is 245. The van der Waals surface area contributed by atoms with Gasteiger partial charge in [-0.3, -0.25) is 0 Å². The third-order valence-electron chi connectivity index (χ3n) is 1.83. The first-order valence-corrected chi connectivity index (χ1v) is 5.64. The van der Waals surface area contributed by atoms with E-state index in [-0.39, 0.29) is 0 Å². The van der Waals surface area contributed by atoms with Crippen molar-refractivity contribution in [2.75, 3.05) is 13.2 Å². The number of rotatable bonds is 5. The molecule has 0 aliphatic rings. The predicted octanol–water partition coefficient (Wildman–Crippen LogP) is 2.85. The van der Waals surface area contributed by atoms with Crippen molar-refractivity contribution in [3.63, 3.8) is 0 Å². The molecule has 0 radical (unpaired) electrons. The summed E-state index contributed by atoms with van der Waals surface area (Å²) in [7, 11) is 0. The highest BCUT2D eigenvalue weighted by molar-refractivity contribution is 7.09. The van der Waals surface area contributed by atoms with Crippen LogP contribution in [0.3, 0.4) is 0 Å². The van der Waals surface area contributed by atoms with E-state index >= 15 is 0 Å². The van der Waals surface area contributed by atoms with Crippen molar-refractivity contribution >= 4 is 11.3 Å². The summed E-state index contributed by atoms with van der Waals surface area (Å²) in [4.78, 5) is 4.52. The molecule has 1 aromatic heterocycles. The van der Waals surface area contributed by atoms with Crippen molar-refractivity contribution in [2.45, 2.75) is 33.1 Å². The molecule has 0 saturated heterocycles. The van der Waals surface area contributed by atoms with E-state index in [0.29, 0.717) is 5.92 Å². The third kappa shape index (κ3) is 3.44. The van der Waals surface area contributed by atoms with Gasteiger partial charge in [0.15, 0.2) is 0 Å². The zero-order valence-electron chi connectivity index (χ0n) is 8.54. The van der Waals surface area contributed by atoms with Gasteiger partial charge in [0.25, 0.3) is 0 Å². The smallest absolute Gasteiger partial charge is 0.0951 e. The summed E-state index contributed by atoms with van der Waals surface area (Å²) in [5, 5.41) is 3.34. The second kappa shape index (κ2) is 5.35. The quantitative estimate of drug-likeness (QED) is 0.680. The van der Waals surface area contributed by atoms with Gasteiger partial charge in [-0.2, -0.15) is 0 Å². The zero-order chi connectivity index (χ0) is 9.68. The number of thiazole rings is 1. The minimum Gasteiger partial charge on any atom is -0.381 e. The average Bonchev–Trinajstić information content (AvgIpc) is 2.53. The molecule has 74 valence electrons. The lowest BCUT2D eigenvalue weighted by Crippen LogP contribution is -1.97. The van der Waals surface area contributed by atoms with Gasteiger partial charge in [-0.05, 0) is 12.8 Å². The van der Waals surface area contributed by atoms with E-state index in [0.717, 1.165) is 19.6 Å². The molecular weight excluding hydrogens is 182 g/mol. The van der Waals surface area contributed by atoms with Crippen LogP contribution in [0, 0.1) is 0 Å². The van der Waals surface area contributed by atoms with Crippen LogP contribution in [-0.2, 0) is 11.2 Å². The lowest BCUT2D eigenvalue weighted by atomic mass is 10.2. The van der Waals surface area contributed by atoms with Crippen molar-refractivity contribution in [3.8, 4) is 0 Å². The lowest BCUT2D eigenvalue weighted by Gasteiger charge is -1.98. The van der Waals surface area contributed by atoms with E-state index in [1.165, 1.54) is 10.7 Å². The molecule has 13 heavy (non-hydrogen) atoms. The molecule has 0 bridgehead atoms. The van der Waals surface area contributed by atoms with Crippen molar-refractivity contribution in [1.82, 2.24) is 4.98 Å². The Morgan fingerprint density at radius 1 is 1.54 bits per heavy atom. The number of ether oxygens (including phenoxy) is 1. The van der Waals surface area contributed by atoms with E-state index in [4.69, 9.17) is 4.74 Å². The Balaban J connectivity index is 2.40. The van der Waals surface area contributed by atoms with E-state index in [2.05, 4.69) is 24.2 Å². The van der Waals surface area contributed by atoms with Gasteiger partial charge in [0, 0.05) is 18.4 Å². The predicted molar refractivity (Wildman–Crippen MR) is 56.4 cm³/mol. The second-order valence-corrected chi connectivity index (χ2v) is 4.21. The van der Waals surface area contributed by atoms with Gasteiger partial charge in [0.1, 0.15) is 0 Å². The molecule has 0 aliphatic carbocycles. The summed E-state index contributed by atoms with van der Waals surface area (Å²) < 4.78 is 5.27. The average molecular weight is 199 g/mol. The molecule has 0 unspecified atom stereocenters. The van der Waals surface area contributed by atoms with Crippen LogP contribution in [0.5, 0.6) is 0 Å². The molecule has 2 nitrogen and oxygen atoms in total.